The first-order chi connectivity index (χ1) is 27.2. The molecular formula is C40H56N10O7. The van der Waals surface area contributed by atoms with E-state index in [0.717, 1.165) is 25.9 Å². The second-order valence-corrected chi connectivity index (χ2v) is 13.6. The summed E-state index contributed by atoms with van der Waals surface area (Å²) in [5.74, 6) is 0.0169. The third kappa shape index (κ3) is 12.3. The number of likely N-dealkylation sites (tertiary alicyclic amines) is 1. The fraction of sp³-hybridized carbons (Fsp3) is 0.400. The average molecular weight is 789 g/mol. The molecule has 57 heavy (non-hydrogen) atoms. The molecule has 5 rings (SSSR count). The first-order valence-electron chi connectivity index (χ1n) is 18.5. The predicted octanol–water partition coefficient (Wildman–Crippen LogP) is 5.14. The molecule has 308 valence electrons. The van der Waals surface area contributed by atoms with Gasteiger partial charge in [-0.05, 0) is 84.8 Å². The smallest absolute Gasteiger partial charge is 0.410 e. The third-order valence-corrected chi connectivity index (χ3v) is 8.23. The van der Waals surface area contributed by atoms with E-state index in [-0.39, 0.29) is 42.3 Å². The van der Waals surface area contributed by atoms with E-state index in [0.29, 0.717) is 70.2 Å². The molecule has 1 aliphatic heterocycles. The molecule has 3 heterocycles. The van der Waals surface area contributed by atoms with Gasteiger partial charge in [-0.15, -0.1) is 0 Å². The minimum atomic E-state index is -0.634. The number of nitrogens with zero attached hydrogens (tertiary/aromatic N) is 5. The third-order valence-electron chi connectivity index (χ3n) is 8.23. The van der Waals surface area contributed by atoms with Gasteiger partial charge in [0.15, 0.2) is 0 Å². The number of nitrogens with two attached hydrogens (primary N) is 3. The second-order valence-electron chi connectivity index (χ2n) is 13.6. The highest BCUT2D eigenvalue weighted by Gasteiger charge is 2.24. The number of nitrogen functional groups attached to an aromatic ring is 1. The monoisotopic (exact) mass is 788 g/mol. The van der Waals surface area contributed by atoms with Gasteiger partial charge >= 0.3 is 6.09 Å². The van der Waals surface area contributed by atoms with Crippen LogP contribution in [0.3, 0.4) is 0 Å². The number of imidazole rings is 1. The van der Waals surface area contributed by atoms with Gasteiger partial charge in [-0.1, -0.05) is 24.8 Å². The molecule has 1 aliphatic rings. The molecule has 8 N–H and O–H groups in total. The Morgan fingerprint density at radius 1 is 1.04 bits per heavy atom. The van der Waals surface area contributed by atoms with E-state index >= 15 is 0 Å². The van der Waals surface area contributed by atoms with E-state index in [1.54, 1.807) is 44.5 Å². The topological polar surface area (TPSA) is 237 Å². The van der Waals surface area contributed by atoms with Crippen LogP contribution >= 0.6 is 0 Å². The molecule has 1 fully saturated rings. The first kappa shape index (κ1) is 45.0. The Bertz CT molecular complexity index is 2060. The van der Waals surface area contributed by atoms with E-state index in [1.165, 1.54) is 20.2 Å². The highest BCUT2D eigenvalue weighted by Crippen LogP contribution is 2.33. The van der Waals surface area contributed by atoms with Gasteiger partial charge in [0.25, 0.3) is 5.91 Å². The normalized spacial score (nSPS) is 12.2. The van der Waals surface area contributed by atoms with Crippen LogP contribution in [0.4, 0.5) is 22.1 Å². The summed E-state index contributed by atoms with van der Waals surface area (Å²) in [4.78, 5) is 54.2. The van der Waals surface area contributed by atoms with Crippen LogP contribution in [0, 0.1) is 6.92 Å². The summed E-state index contributed by atoms with van der Waals surface area (Å²) in [5.41, 5.74) is 19.4. The molecule has 0 radical (unpaired) electrons. The zero-order valence-electron chi connectivity index (χ0n) is 33.9. The van der Waals surface area contributed by atoms with Gasteiger partial charge in [-0.2, -0.15) is 5.10 Å². The number of rotatable bonds is 14. The minimum absolute atomic E-state index is 0.167. The van der Waals surface area contributed by atoms with E-state index in [1.807, 2.05) is 46.8 Å². The number of primary amides is 1. The first-order valence-corrected chi connectivity index (χ1v) is 18.5. The number of allylic oxidation sites excluding steroid dienone is 1. The number of aromatic nitrogens is 4. The Morgan fingerprint density at radius 2 is 1.74 bits per heavy atom. The molecule has 0 atom stereocenters. The fourth-order valence-corrected chi connectivity index (χ4v) is 5.77. The van der Waals surface area contributed by atoms with Crippen LogP contribution in [0.25, 0.3) is 11.0 Å². The minimum Gasteiger partial charge on any atom is -0.494 e. The number of hydrogen-bond acceptors (Lipinski definition) is 12. The summed E-state index contributed by atoms with van der Waals surface area (Å²) < 4.78 is 19.8. The van der Waals surface area contributed by atoms with Gasteiger partial charge < -0.3 is 46.2 Å². The number of methoxy groups -OCH3 is 1. The SMILES string of the molecule is C=CCOc1cc(C=O)cc(N)c1NC/C=C/Cn1c(NC(=O)c2cc(C)nn2CC)nc2cc(C(N)=O)cc(OC)c21.CC(C)(C)OC(=O)N1CCCC1.CN. The number of aryl methyl sites for hydroxylation is 2. The standard InChI is InChI=1S/C30H34N8O5.C9H17NO2.CH5N/c1-5-11-43-24-14-19(17-39)13-21(31)26(24)33-9-7-8-10-37-27-22(15-20(28(32)40)16-25(27)42-4)34-30(37)35-29(41)23-12-18(3)36-38(23)6-2;1-9(2,3)12-8(11)10-6-4-5-7-10;1-2/h5,7-8,12-17,33H,1,6,9-11,31H2,2-4H3,(H2,32,40)(H,34,35,41);4-7H2,1-3H3;2H2,1H3/b8-7+;;. The number of nitrogens with one attached hydrogen (secondary N) is 2. The van der Waals surface area contributed by atoms with Crippen molar-refractivity contribution < 1.29 is 33.4 Å². The van der Waals surface area contributed by atoms with Gasteiger partial charge in [-0.25, -0.2) is 9.78 Å². The molecule has 4 aromatic rings. The summed E-state index contributed by atoms with van der Waals surface area (Å²) in [6, 6.07) is 7.94. The summed E-state index contributed by atoms with van der Waals surface area (Å²) in [6.07, 6.45) is 8.08. The van der Waals surface area contributed by atoms with Crippen LogP contribution in [-0.2, 0) is 17.8 Å². The van der Waals surface area contributed by atoms with Gasteiger partial charge in [0, 0.05) is 43.9 Å². The van der Waals surface area contributed by atoms with E-state index < -0.39 is 5.91 Å². The zero-order valence-corrected chi connectivity index (χ0v) is 33.9. The number of ether oxygens (including phenoxy) is 3. The van der Waals surface area contributed by atoms with Gasteiger partial charge in [0.1, 0.15) is 46.9 Å². The molecule has 0 unspecified atom stereocenters. The maximum atomic E-state index is 13.3. The highest BCUT2D eigenvalue weighted by molar-refractivity contribution is 6.04. The lowest BCUT2D eigenvalue weighted by molar-refractivity contribution is 0.0294. The van der Waals surface area contributed by atoms with Crippen LogP contribution in [-0.4, -0.2) is 94.4 Å². The lowest BCUT2D eigenvalue weighted by Crippen LogP contribution is -2.34. The van der Waals surface area contributed by atoms with Crippen molar-refractivity contribution >= 4 is 52.6 Å². The van der Waals surface area contributed by atoms with Gasteiger partial charge in [0.05, 0.1) is 24.0 Å². The molecule has 0 saturated carbocycles. The molecule has 17 heteroatoms. The van der Waals surface area contributed by atoms with Gasteiger partial charge in [0.2, 0.25) is 11.9 Å². The van der Waals surface area contributed by atoms with Crippen LogP contribution in [0.1, 0.15) is 77.4 Å². The number of anilines is 3. The summed E-state index contributed by atoms with van der Waals surface area (Å²) in [6.45, 7) is 16.1. The molecule has 2 aromatic carbocycles. The lowest BCUT2D eigenvalue weighted by atomic mass is 10.1. The molecule has 2 aromatic heterocycles. The Hall–Kier alpha value is -6.36. The second kappa shape index (κ2) is 21.1. The van der Waals surface area contributed by atoms with Gasteiger partial charge in [-0.3, -0.25) is 24.4 Å². The highest BCUT2D eigenvalue weighted by atomic mass is 16.6. The van der Waals surface area contributed by atoms with Crippen molar-refractivity contribution in [3.63, 3.8) is 0 Å². The fourth-order valence-electron chi connectivity index (χ4n) is 5.77. The number of fused-ring (bicyclic) bond motifs is 1. The van der Waals surface area contributed by atoms with Crippen molar-refractivity contribution in [1.29, 1.82) is 0 Å². The van der Waals surface area contributed by atoms with Crippen molar-refractivity contribution in [1.82, 2.24) is 24.2 Å². The largest absolute Gasteiger partial charge is 0.494 e. The molecule has 17 nitrogen and oxygen atoms in total. The summed E-state index contributed by atoms with van der Waals surface area (Å²) >= 11 is 0. The van der Waals surface area contributed by atoms with Crippen LogP contribution in [0.15, 0.2) is 55.1 Å². The average Bonchev–Trinajstić information content (AvgIpc) is 3.93. The Balaban J connectivity index is 0.000000527. The number of hydrogen-bond donors (Lipinski definition) is 5. The number of carbonyl (C=O) groups excluding carboxylic acids is 4. The van der Waals surface area contributed by atoms with Crippen molar-refractivity contribution in [2.24, 2.45) is 11.5 Å². The number of benzene rings is 2. The molecule has 0 spiro atoms. The van der Waals surface area contributed by atoms with Crippen molar-refractivity contribution in [3.8, 4) is 11.5 Å². The van der Waals surface area contributed by atoms with E-state index in [4.69, 9.17) is 25.7 Å². The Kier molecular flexibility index (Phi) is 16.7. The molecule has 0 bridgehead atoms. The van der Waals surface area contributed by atoms with Crippen molar-refractivity contribution in [3.05, 3.63) is 77.7 Å². The molecular weight excluding hydrogens is 733 g/mol. The van der Waals surface area contributed by atoms with Crippen LogP contribution < -0.4 is 37.3 Å². The lowest BCUT2D eigenvalue weighted by Gasteiger charge is -2.23. The van der Waals surface area contributed by atoms with Crippen molar-refractivity contribution in [2.75, 3.05) is 56.8 Å². The molecule has 1 saturated heterocycles. The molecule has 0 aliphatic carbocycles. The molecule has 3 amide bonds. The summed E-state index contributed by atoms with van der Waals surface area (Å²) in [5, 5.41) is 10.4. The van der Waals surface area contributed by atoms with Crippen LogP contribution in [0.5, 0.6) is 11.5 Å². The maximum Gasteiger partial charge on any atom is 0.410 e. The Labute approximate surface area is 333 Å². The quantitative estimate of drug-likeness (QED) is 0.0635. The van der Waals surface area contributed by atoms with E-state index in [2.05, 4.69) is 33.0 Å². The summed E-state index contributed by atoms with van der Waals surface area (Å²) in [7, 11) is 2.98. The van der Waals surface area contributed by atoms with Crippen LogP contribution in [0.2, 0.25) is 0 Å². The number of aldehydes is 1. The number of carbonyl (C=O) groups is 4. The van der Waals surface area contributed by atoms with E-state index in [9.17, 15) is 19.2 Å². The predicted molar refractivity (Wildman–Crippen MR) is 222 cm³/mol. The Morgan fingerprint density at radius 3 is 2.33 bits per heavy atom. The maximum absolute atomic E-state index is 13.3. The zero-order chi connectivity index (χ0) is 42.3. The number of amides is 3. The van der Waals surface area contributed by atoms with Crippen molar-refractivity contribution in [2.45, 2.75) is 66.2 Å².